The first-order chi connectivity index (χ1) is 7.83. The third kappa shape index (κ3) is 2.24. The summed E-state index contributed by atoms with van der Waals surface area (Å²) in [6.45, 7) is 0.235. The summed E-state index contributed by atoms with van der Waals surface area (Å²) >= 11 is 0. The topological polar surface area (TPSA) is 78.0 Å². The van der Waals surface area contributed by atoms with Gasteiger partial charge < -0.3 is 10.4 Å². The van der Waals surface area contributed by atoms with E-state index in [0.29, 0.717) is 5.69 Å². The molecule has 0 aromatic carbocycles. The second-order valence-corrected chi connectivity index (χ2v) is 4.07. The summed E-state index contributed by atoms with van der Waals surface area (Å²) in [5.74, 6) is -0.187. The maximum Gasteiger partial charge on any atom is 0.272 e. The SMILES string of the molecule is O=C(NCCO)c1n[nH]c2c1CCCCC2. The standard InChI is InChI=1S/C11H17N3O2/c15-7-6-12-11(16)10-8-4-2-1-3-5-9(8)13-14-10/h15H,1-7H2,(H,12,16)(H,13,14). The maximum atomic E-state index is 11.7. The molecule has 5 heteroatoms. The van der Waals surface area contributed by atoms with E-state index in [4.69, 9.17) is 5.11 Å². The van der Waals surface area contributed by atoms with Crippen LogP contribution in [-0.2, 0) is 12.8 Å². The molecule has 0 spiro atoms. The minimum absolute atomic E-state index is 0.0433. The quantitative estimate of drug-likeness (QED) is 0.649. The number of aliphatic hydroxyl groups is 1. The first-order valence-corrected chi connectivity index (χ1v) is 5.78. The molecular weight excluding hydrogens is 206 g/mol. The van der Waals surface area contributed by atoms with Gasteiger partial charge >= 0.3 is 0 Å². The van der Waals surface area contributed by atoms with Gasteiger partial charge in [-0.1, -0.05) is 6.42 Å². The van der Waals surface area contributed by atoms with E-state index >= 15 is 0 Å². The van der Waals surface area contributed by atoms with Crippen molar-refractivity contribution in [2.24, 2.45) is 0 Å². The summed E-state index contributed by atoms with van der Waals surface area (Å²) in [4.78, 5) is 11.7. The molecule has 1 heterocycles. The monoisotopic (exact) mass is 223 g/mol. The number of aromatic nitrogens is 2. The van der Waals surface area contributed by atoms with Gasteiger partial charge in [0, 0.05) is 17.8 Å². The highest BCUT2D eigenvalue weighted by Crippen LogP contribution is 2.21. The van der Waals surface area contributed by atoms with Crippen LogP contribution in [0.1, 0.15) is 41.0 Å². The second kappa shape index (κ2) is 5.12. The number of rotatable bonds is 3. The fraction of sp³-hybridized carbons (Fsp3) is 0.636. The molecule has 1 aromatic rings. The third-order valence-corrected chi connectivity index (χ3v) is 2.92. The summed E-state index contributed by atoms with van der Waals surface area (Å²) < 4.78 is 0. The van der Waals surface area contributed by atoms with Crippen LogP contribution in [0.3, 0.4) is 0 Å². The molecule has 2 rings (SSSR count). The number of carbonyl (C=O) groups is 1. The number of aromatic amines is 1. The Hall–Kier alpha value is -1.36. The third-order valence-electron chi connectivity index (χ3n) is 2.92. The smallest absolute Gasteiger partial charge is 0.272 e. The zero-order valence-corrected chi connectivity index (χ0v) is 9.25. The van der Waals surface area contributed by atoms with Gasteiger partial charge in [-0.15, -0.1) is 0 Å². The second-order valence-electron chi connectivity index (χ2n) is 4.07. The maximum absolute atomic E-state index is 11.7. The Morgan fingerprint density at radius 2 is 2.19 bits per heavy atom. The molecule has 1 amide bonds. The van der Waals surface area contributed by atoms with E-state index in [0.717, 1.165) is 36.9 Å². The van der Waals surface area contributed by atoms with Gasteiger partial charge in [0.2, 0.25) is 0 Å². The lowest BCUT2D eigenvalue weighted by Gasteiger charge is -2.02. The largest absolute Gasteiger partial charge is 0.395 e. The van der Waals surface area contributed by atoms with Crippen LogP contribution in [0.5, 0.6) is 0 Å². The van der Waals surface area contributed by atoms with Crippen molar-refractivity contribution in [1.82, 2.24) is 15.5 Å². The lowest BCUT2D eigenvalue weighted by molar-refractivity contribution is 0.0939. The lowest BCUT2D eigenvalue weighted by atomic mass is 10.1. The highest BCUT2D eigenvalue weighted by molar-refractivity contribution is 5.93. The summed E-state index contributed by atoms with van der Waals surface area (Å²) in [5, 5.41) is 18.3. The number of hydrogen-bond acceptors (Lipinski definition) is 3. The Morgan fingerprint density at radius 3 is 3.00 bits per heavy atom. The summed E-state index contributed by atoms with van der Waals surface area (Å²) in [5.41, 5.74) is 2.67. The number of aliphatic hydroxyl groups excluding tert-OH is 1. The van der Waals surface area contributed by atoms with Crippen LogP contribution in [-0.4, -0.2) is 34.4 Å². The van der Waals surface area contributed by atoms with Gasteiger partial charge in [0.25, 0.3) is 5.91 Å². The average Bonchev–Trinajstić information content (AvgIpc) is 2.55. The fourth-order valence-corrected chi connectivity index (χ4v) is 2.10. The Morgan fingerprint density at radius 1 is 1.38 bits per heavy atom. The van der Waals surface area contributed by atoms with Gasteiger partial charge in [-0.05, 0) is 25.7 Å². The molecule has 1 aromatic heterocycles. The van der Waals surface area contributed by atoms with Gasteiger partial charge in [-0.2, -0.15) is 5.10 Å². The molecular formula is C11H17N3O2. The molecule has 0 saturated carbocycles. The molecule has 5 nitrogen and oxygen atoms in total. The Labute approximate surface area is 94.2 Å². The molecule has 0 unspecified atom stereocenters. The number of amides is 1. The van der Waals surface area contributed by atoms with E-state index in [-0.39, 0.29) is 19.1 Å². The zero-order valence-electron chi connectivity index (χ0n) is 9.25. The molecule has 88 valence electrons. The predicted octanol–water partition coefficient (Wildman–Crippen LogP) is 0.401. The molecule has 0 radical (unpaired) electrons. The number of fused-ring (bicyclic) bond motifs is 1. The molecule has 0 atom stereocenters. The highest BCUT2D eigenvalue weighted by Gasteiger charge is 2.20. The number of nitrogens with zero attached hydrogens (tertiary/aromatic N) is 1. The van der Waals surface area contributed by atoms with Gasteiger partial charge in [-0.25, -0.2) is 0 Å². The molecule has 0 bridgehead atoms. The van der Waals surface area contributed by atoms with Crippen molar-refractivity contribution in [3.8, 4) is 0 Å². The minimum Gasteiger partial charge on any atom is -0.395 e. The van der Waals surface area contributed by atoms with E-state index in [2.05, 4.69) is 15.5 Å². The fourth-order valence-electron chi connectivity index (χ4n) is 2.10. The molecule has 0 aliphatic heterocycles. The molecule has 0 saturated heterocycles. The van der Waals surface area contributed by atoms with E-state index in [1.165, 1.54) is 6.42 Å². The minimum atomic E-state index is -0.187. The van der Waals surface area contributed by atoms with Crippen molar-refractivity contribution in [1.29, 1.82) is 0 Å². The van der Waals surface area contributed by atoms with E-state index in [1.54, 1.807) is 0 Å². The number of aryl methyl sites for hydroxylation is 1. The lowest BCUT2D eigenvalue weighted by Crippen LogP contribution is -2.27. The van der Waals surface area contributed by atoms with Crippen LogP contribution >= 0.6 is 0 Å². The summed E-state index contributed by atoms with van der Waals surface area (Å²) in [6, 6.07) is 0. The Kier molecular flexibility index (Phi) is 3.56. The zero-order chi connectivity index (χ0) is 11.4. The van der Waals surface area contributed by atoms with Gasteiger partial charge in [0.05, 0.1) is 6.61 Å². The van der Waals surface area contributed by atoms with Gasteiger partial charge in [-0.3, -0.25) is 9.89 Å². The summed E-state index contributed by atoms with van der Waals surface area (Å²) in [6.07, 6.45) is 5.39. The van der Waals surface area contributed by atoms with E-state index in [9.17, 15) is 4.79 Å². The van der Waals surface area contributed by atoms with Crippen molar-refractivity contribution >= 4 is 5.91 Å². The normalized spacial score (nSPS) is 15.3. The number of nitrogens with one attached hydrogen (secondary N) is 2. The van der Waals surface area contributed by atoms with Crippen molar-refractivity contribution in [3.05, 3.63) is 17.0 Å². The average molecular weight is 223 g/mol. The summed E-state index contributed by atoms with van der Waals surface area (Å²) in [7, 11) is 0. The van der Waals surface area contributed by atoms with Crippen LogP contribution in [0.25, 0.3) is 0 Å². The van der Waals surface area contributed by atoms with Crippen LogP contribution < -0.4 is 5.32 Å². The molecule has 0 fully saturated rings. The first kappa shape index (κ1) is 11.1. The Bertz CT molecular complexity index is 373. The number of carbonyl (C=O) groups excluding carboxylic acids is 1. The van der Waals surface area contributed by atoms with Crippen LogP contribution in [0.2, 0.25) is 0 Å². The first-order valence-electron chi connectivity index (χ1n) is 5.78. The van der Waals surface area contributed by atoms with Crippen molar-refractivity contribution in [3.63, 3.8) is 0 Å². The van der Waals surface area contributed by atoms with Crippen molar-refractivity contribution in [2.45, 2.75) is 32.1 Å². The van der Waals surface area contributed by atoms with Crippen LogP contribution in [0.4, 0.5) is 0 Å². The van der Waals surface area contributed by atoms with Crippen LogP contribution in [0, 0.1) is 0 Å². The van der Waals surface area contributed by atoms with E-state index < -0.39 is 0 Å². The molecule has 1 aliphatic rings. The molecule has 3 N–H and O–H groups in total. The molecule has 16 heavy (non-hydrogen) atoms. The number of H-pyrrole nitrogens is 1. The van der Waals surface area contributed by atoms with Gasteiger partial charge in [0.1, 0.15) is 0 Å². The highest BCUT2D eigenvalue weighted by atomic mass is 16.3. The van der Waals surface area contributed by atoms with E-state index in [1.807, 2.05) is 0 Å². The van der Waals surface area contributed by atoms with Crippen molar-refractivity contribution in [2.75, 3.05) is 13.2 Å². The number of hydrogen-bond donors (Lipinski definition) is 3. The van der Waals surface area contributed by atoms with Crippen LogP contribution in [0.15, 0.2) is 0 Å². The Balaban J connectivity index is 2.15. The van der Waals surface area contributed by atoms with Crippen molar-refractivity contribution < 1.29 is 9.90 Å². The molecule has 1 aliphatic carbocycles. The predicted molar refractivity (Wildman–Crippen MR) is 59.3 cm³/mol. The van der Waals surface area contributed by atoms with Gasteiger partial charge in [0.15, 0.2) is 5.69 Å².